The van der Waals surface area contributed by atoms with Gasteiger partial charge in [-0.15, -0.1) is 6.42 Å². The summed E-state index contributed by atoms with van der Waals surface area (Å²) in [6.45, 7) is 2.78. The van der Waals surface area contributed by atoms with E-state index in [-0.39, 0.29) is 31.9 Å². The normalized spacial score (nSPS) is 20.0. The number of fused-ring (bicyclic) bond motifs is 1. The van der Waals surface area contributed by atoms with Gasteiger partial charge >= 0.3 is 12.1 Å². The first-order chi connectivity index (χ1) is 13.6. The van der Waals surface area contributed by atoms with Crippen LogP contribution in [0, 0.1) is 36.0 Å². The maximum absolute atomic E-state index is 12.9. The number of carbonyl (C=O) groups excluding carboxylic acids is 3. The van der Waals surface area contributed by atoms with E-state index in [1.54, 1.807) is 13.0 Å². The highest BCUT2D eigenvalue weighted by atomic mass is 16.5. The average molecular weight is 382 g/mol. The number of nitrogens with zero attached hydrogens (tertiary/aromatic N) is 4. The zero-order valence-electron chi connectivity index (χ0n) is 16.0. The van der Waals surface area contributed by atoms with Crippen LogP contribution in [0.2, 0.25) is 0 Å². The smallest absolute Gasteiger partial charge is 0.325 e. The summed E-state index contributed by atoms with van der Waals surface area (Å²) in [6, 6.07) is -0.566. The zero-order valence-corrected chi connectivity index (χ0v) is 16.0. The molecule has 8 nitrogen and oxygen atoms in total. The molecule has 0 radical (unpaired) electrons. The lowest BCUT2D eigenvalue weighted by Gasteiger charge is -2.27. The van der Waals surface area contributed by atoms with Gasteiger partial charge in [-0.05, 0) is 18.3 Å². The topological polar surface area (TPSA) is 73.4 Å². The molecule has 0 aromatic carbocycles. The standard InChI is InChI=1S/C20H22N4O4/c1-4-6-9-12-23-18-17(22(20(23)27)13-10-8-11-14-25)21(3)19(26)24(18)16-28-15-7-5-2/h1,11,17-18H,5,7,12-13,15-16H2,2-3H3. The first-order valence-corrected chi connectivity index (χ1v) is 8.88. The number of terminal acetylenes is 1. The minimum Gasteiger partial charge on any atom is -0.361 e. The average Bonchev–Trinajstić information content (AvgIpc) is 3.09. The van der Waals surface area contributed by atoms with Crippen LogP contribution in [0.3, 0.4) is 0 Å². The highest BCUT2D eigenvalue weighted by molar-refractivity contribution is 5.85. The Hall–Kier alpha value is -3.37. The molecule has 0 saturated carbocycles. The third-order valence-corrected chi connectivity index (χ3v) is 4.43. The Balaban J connectivity index is 2.28. The van der Waals surface area contributed by atoms with Crippen LogP contribution in [0.25, 0.3) is 0 Å². The molecule has 2 saturated heterocycles. The first kappa shape index (κ1) is 20.9. The van der Waals surface area contributed by atoms with Crippen molar-refractivity contribution in [3.05, 3.63) is 6.08 Å². The van der Waals surface area contributed by atoms with Gasteiger partial charge in [-0.1, -0.05) is 31.1 Å². The van der Waals surface area contributed by atoms with E-state index in [0.29, 0.717) is 6.61 Å². The Morgan fingerprint density at radius 1 is 1.11 bits per heavy atom. The molecule has 0 aliphatic carbocycles. The largest absolute Gasteiger partial charge is 0.361 e. The van der Waals surface area contributed by atoms with Gasteiger partial charge in [-0.25, -0.2) is 14.4 Å². The Kier molecular flexibility index (Phi) is 7.55. The molecule has 146 valence electrons. The first-order valence-electron chi connectivity index (χ1n) is 8.88. The van der Waals surface area contributed by atoms with Crippen molar-refractivity contribution in [2.45, 2.75) is 32.1 Å². The van der Waals surface area contributed by atoms with E-state index in [1.165, 1.54) is 19.6 Å². The van der Waals surface area contributed by atoms with E-state index in [2.05, 4.69) is 36.5 Å². The van der Waals surface area contributed by atoms with Gasteiger partial charge in [0.15, 0.2) is 12.3 Å². The quantitative estimate of drug-likeness (QED) is 0.366. The lowest BCUT2D eigenvalue weighted by atomic mass is 10.3. The minimum absolute atomic E-state index is 0.0550. The van der Waals surface area contributed by atoms with Gasteiger partial charge in [0.2, 0.25) is 0 Å². The number of amides is 4. The van der Waals surface area contributed by atoms with Crippen molar-refractivity contribution in [1.29, 1.82) is 0 Å². The van der Waals surface area contributed by atoms with Crippen molar-refractivity contribution in [3.63, 3.8) is 0 Å². The summed E-state index contributed by atoms with van der Waals surface area (Å²) in [4.78, 5) is 41.9. The molecular weight excluding hydrogens is 360 g/mol. The van der Waals surface area contributed by atoms with Crippen molar-refractivity contribution in [2.75, 3.05) is 33.5 Å². The molecule has 2 rings (SSSR count). The van der Waals surface area contributed by atoms with Crippen LogP contribution in [0.5, 0.6) is 0 Å². The van der Waals surface area contributed by atoms with Gasteiger partial charge in [-0.2, -0.15) is 0 Å². The third kappa shape index (κ3) is 4.30. The number of ether oxygens (including phenoxy) is 1. The Bertz CT molecular complexity index is 819. The predicted molar refractivity (Wildman–Crippen MR) is 102 cm³/mol. The summed E-state index contributed by atoms with van der Waals surface area (Å²) in [6.07, 6.45) is 6.94. The highest BCUT2D eigenvalue weighted by Crippen LogP contribution is 2.33. The molecule has 8 heteroatoms. The molecule has 0 aromatic rings. The molecule has 28 heavy (non-hydrogen) atoms. The fraction of sp³-hybridized carbons (Fsp3) is 0.500. The van der Waals surface area contributed by atoms with Crippen LogP contribution in [-0.4, -0.2) is 83.4 Å². The number of allylic oxidation sites excluding steroid dienone is 1. The van der Waals surface area contributed by atoms with Crippen LogP contribution >= 0.6 is 0 Å². The van der Waals surface area contributed by atoms with Crippen LogP contribution in [-0.2, 0) is 9.53 Å². The Morgan fingerprint density at radius 3 is 2.50 bits per heavy atom. The van der Waals surface area contributed by atoms with Gasteiger partial charge in [0.1, 0.15) is 12.7 Å². The molecule has 2 fully saturated rings. The number of hydrogen-bond acceptors (Lipinski definition) is 4. The summed E-state index contributed by atoms with van der Waals surface area (Å²) < 4.78 is 5.62. The van der Waals surface area contributed by atoms with Crippen molar-refractivity contribution < 1.29 is 19.1 Å². The maximum atomic E-state index is 12.9. The second-order valence-electron chi connectivity index (χ2n) is 6.15. The van der Waals surface area contributed by atoms with Gasteiger partial charge in [0.05, 0.1) is 19.2 Å². The van der Waals surface area contributed by atoms with Gasteiger partial charge in [0.25, 0.3) is 0 Å². The van der Waals surface area contributed by atoms with E-state index >= 15 is 0 Å². The highest BCUT2D eigenvalue weighted by Gasteiger charge is 2.57. The number of hydrogen-bond donors (Lipinski definition) is 0. The van der Waals surface area contributed by atoms with E-state index in [4.69, 9.17) is 11.2 Å². The SMILES string of the molecule is C#CC#CCN1C(=O)N(CC#CC=C=O)C2C1N(COCCCC)C(=O)N2C. The second kappa shape index (κ2) is 10.1. The van der Waals surface area contributed by atoms with Crippen molar-refractivity contribution in [2.24, 2.45) is 0 Å². The summed E-state index contributed by atoms with van der Waals surface area (Å²) in [7, 11) is 1.63. The van der Waals surface area contributed by atoms with Gasteiger partial charge < -0.3 is 9.64 Å². The number of rotatable bonds is 7. The molecule has 2 unspecified atom stereocenters. The van der Waals surface area contributed by atoms with Crippen molar-refractivity contribution >= 4 is 18.0 Å². The monoisotopic (exact) mass is 382 g/mol. The molecule has 4 amide bonds. The van der Waals surface area contributed by atoms with E-state index in [1.807, 2.05) is 0 Å². The third-order valence-electron chi connectivity index (χ3n) is 4.43. The molecule has 2 aliphatic rings. The lowest BCUT2D eigenvalue weighted by Crippen LogP contribution is -2.47. The van der Waals surface area contributed by atoms with E-state index < -0.39 is 12.3 Å². The van der Waals surface area contributed by atoms with Gasteiger partial charge in [0, 0.05) is 13.7 Å². The Morgan fingerprint density at radius 2 is 1.82 bits per heavy atom. The minimum atomic E-state index is -0.567. The molecule has 0 aromatic heterocycles. The Labute approximate surface area is 165 Å². The van der Waals surface area contributed by atoms with Crippen LogP contribution in [0.4, 0.5) is 9.59 Å². The van der Waals surface area contributed by atoms with Crippen LogP contribution in [0.1, 0.15) is 19.8 Å². The van der Waals surface area contributed by atoms with Crippen molar-refractivity contribution in [3.8, 4) is 36.0 Å². The predicted octanol–water partition coefficient (Wildman–Crippen LogP) is 0.546. The number of unbranched alkanes of at least 4 members (excludes halogenated alkanes) is 1. The molecular formula is C20H22N4O4. The van der Waals surface area contributed by atoms with Crippen LogP contribution < -0.4 is 0 Å². The second-order valence-corrected chi connectivity index (χ2v) is 6.15. The van der Waals surface area contributed by atoms with Gasteiger partial charge in [-0.3, -0.25) is 14.7 Å². The molecule has 2 aliphatic heterocycles. The summed E-state index contributed by atoms with van der Waals surface area (Å²) in [5.41, 5.74) is 0. The van der Waals surface area contributed by atoms with E-state index in [9.17, 15) is 14.4 Å². The number of urea groups is 2. The fourth-order valence-corrected chi connectivity index (χ4v) is 3.13. The fourth-order valence-electron chi connectivity index (χ4n) is 3.13. The number of carbonyl (C=O) groups is 2. The molecule has 0 spiro atoms. The van der Waals surface area contributed by atoms with Crippen molar-refractivity contribution in [1.82, 2.24) is 19.6 Å². The number of likely N-dealkylation sites (N-methyl/N-ethyl adjacent to an activating group) is 1. The zero-order chi connectivity index (χ0) is 20.5. The van der Waals surface area contributed by atoms with Crippen LogP contribution in [0.15, 0.2) is 6.08 Å². The van der Waals surface area contributed by atoms with E-state index in [0.717, 1.165) is 18.9 Å². The molecule has 0 bridgehead atoms. The lowest BCUT2D eigenvalue weighted by molar-refractivity contribution is 0.0124. The molecule has 2 atom stereocenters. The summed E-state index contributed by atoms with van der Waals surface area (Å²) in [5, 5.41) is 0. The maximum Gasteiger partial charge on any atom is 0.325 e. The summed E-state index contributed by atoms with van der Waals surface area (Å²) in [5.74, 6) is 14.2. The molecule has 2 heterocycles. The molecule has 0 N–H and O–H groups in total. The summed E-state index contributed by atoms with van der Waals surface area (Å²) >= 11 is 0.